The molecule has 0 radical (unpaired) electrons. The van der Waals surface area contributed by atoms with Gasteiger partial charge in [0.05, 0.1) is 13.2 Å². The van der Waals surface area contributed by atoms with Crippen molar-refractivity contribution in [2.45, 2.75) is 13.8 Å². The van der Waals surface area contributed by atoms with Gasteiger partial charge in [0.2, 0.25) is 0 Å². The van der Waals surface area contributed by atoms with Gasteiger partial charge in [-0.1, -0.05) is 5.16 Å². The Balaban J connectivity index is 4.45. The molecule has 8 nitrogen and oxygen atoms in total. The molecule has 0 aliphatic heterocycles. The first-order valence-electron chi connectivity index (χ1n) is 6.16. The molecule has 0 aromatic carbocycles. The number of nitrogens with zero attached hydrogens (tertiary/aromatic N) is 3. The lowest BCUT2D eigenvalue weighted by atomic mass is 10.6. The van der Waals surface area contributed by atoms with Gasteiger partial charge in [0.15, 0.2) is 0 Å². The molecule has 0 saturated carbocycles. The highest BCUT2D eigenvalue weighted by atomic mass is 32.2. The molecule has 0 heterocycles. The Bertz CT molecular complexity index is 364. The molecule has 122 valence electrons. The minimum absolute atomic E-state index is 0.0222. The Morgan fingerprint density at radius 3 is 2.57 bits per heavy atom. The number of rotatable bonds is 9. The van der Waals surface area contributed by atoms with E-state index < -0.39 is 6.09 Å². The van der Waals surface area contributed by atoms with E-state index in [1.807, 2.05) is 0 Å². The predicted molar refractivity (Wildman–Crippen MR) is 84.0 cm³/mol. The van der Waals surface area contributed by atoms with Gasteiger partial charge in [-0.3, -0.25) is 9.63 Å². The van der Waals surface area contributed by atoms with Crippen LogP contribution in [0.1, 0.15) is 13.8 Å². The van der Waals surface area contributed by atoms with Crippen LogP contribution in [0.25, 0.3) is 0 Å². The topological polar surface area (TPSA) is 80.7 Å². The highest BCUT2D eigenvalue weighted by Crippen LogP contribution is 2.15. The average Bonchev–Trinajstić information content (AvgIpc) is 2.42. The summed E-state index contributed by atoms with van der Waals surface area (Å²) in [6.45, 7) is 4.47. The van der Waals surface area contributed by atoms with Gasteiger partial charge < -0.3 is 9.47 Å². The van der Waals surface area contributed by atoms with Gasteiger partial charge in [-0.15, -0.1) is 12.6 Å². The Morgan fingerprint density at radius 1 is 1.38 bits per heavy atom. The quantitative estimate of drug-likeness (QED) is 0.129. The summed E-state index contributed by atoms with van der Waals surface area (Å²) in [5.41, 5.74) is 0. The number of methoxy groups -OCH3 is 1. The predicted octanol–water partition coefficient (Wildman–Crippen LogP) is 1.39. The zero-order chi connectivity index (χ0) is 16.3. The number of ether oxygens (including phenoxy) is 2. The molecule has 21 heavy (non-hydrogen) atoms. The maximum Gasteiger partial charge on any atom is 0.446 e. The van der Waals surface area contributed by atoms with E-state index in [0.29, 0.717) is 24.8 Å². The Morgan fingerprint density at radius 2 is 2.05 bits per heavy atom. The zero-order valence-electron chi connectivity index (χ0n) is 12.6. The van der Waals surface area contributed by atoms with Crippen LogP contribution in [0, 0.1) is 0 Å². The lowest BCUT2D eigenvalue weighted by molar-refractivity contribution is -0.143. The SMILES string of the molecule is CCOC(=O)CN(CCOC)SN(C)C(=O)ON=C(C)S. The first kappa shape index (κ1) is 20.0. The molecular formula is C11H21N3O5S2. The largest absolute Gasteiger partial charge is 0.465 e. The zero-order valence-corrected chi connectivity index (χ0v) is 14.3. The smallest absolute Gasteiger partial charge is 0.446 e. The van der Waals surface area contributed by atoms with Crippen LogP contribution < -0.4 is 0 Å². The van der Waals surface area contributed by atoms with E-state index in [4.69, 9.17) is 9.47 Å². The van der Waals surface area contributed by atoms with Gasteiger partial charge in [0, 0.05) is 32.8 Å². The van der Waals surface area contributed by atoms with Crippen LogP contribution >= 0.6 is 24.8 Å². The number of hydrogen-bond donors (Lipinski definition) is 1. The summed E-state index contributed by atoms with van der Waals surface area (Å²) < 4.78 is 12.7. The molecule has 0 N–H and O–H groups in total. The Labute approximate surface area is 134 Å². The maximum absolute atomic E-state index is 11.6. The van der Waals surface area contributed by atoms with E-state index in [0.717, 1.165) is 12.1 Å². The summed E-state index contributed by atoms with van der Waals surface area (Å²) in [5, 5.41) is 3.77. The van der Waals surface area contributed by atoms with Gasteiger partial charge in [-0.2, -0.15) is 0 Å². The second-order valence-corrected chi connectivity index (χ2v) is 5.61. The lowest BCUT2D eigenvalue weighted by Gasteiger charge is -2.23. The van der Waals surface area contributed by atoms with Crippen LogP contribution in [0.4, 0.5) is 4.79 Å². The molecule has 0 saturated heterocycles. The molecule has 0 spiro atoms. The molecule has 10 heteroatoms. The molecule has 1 amide bonds. The number of oxime groups is 1. The normalized spacial score (nSPS) is 11.4. The lowest BCUT2D eigenvalue weighted by Crippen LogP contribution is -2.33. The summed E-state index contributed by atoms with van der Waals surface area (Å²) >= 11 is 4.90. The standard InChI is InChI=1S/C11H21N3O5S2/c1-5-18-10(15)8-14(6-7-17-4)21-13(3)11(16)19-12-9(2)20/h5-8H2,1-4H3,(H,12,20). The van der Waals surface area contributed by atoms with Crippen LogP contribution in [-0.4, -0.2) is 66.2 Å². The summed E-state index contributed by atoms with van der Waals surface area (Å²) in [6, 6.07) is 0. The number of carbonyl (C=O) groups is 2. The number of hydrogen-bond acceptors (Lipinski definition) is 8. The number of amides is 1. The van der Waals surface area contributed by atoms with E-state index in [2.05, 4.69) is 22.6 Å². The van der Waals surface area contributed by atoms with Crippen molar-refractivity contribution in [1.82, 2.24) is 8.61 Å². The van der Waals surface area contributed by atoms with E-state index in [1.165, 1.54) is 11.4 Å². The third-order valence-corrected chi connectivity index (χ3v) is 2.92. The fraction of sp³-hybridized carbons (Fsp3) is 0.727. The molecule has 0 aromatic rings. The van der Waals surface area contributed by atoms with Gasteiger partial charge in [0.1, 0.15) is 11.6 Å². The average molecular weight is 339 g/mol. The first-order valence-corrected chi connectivity index (χ1v) is 7.34. The van der Waals surface area contributed by atoms with E-state index in [-0.39, 0.29) is 12.5 Å². The van der Waals surface area contributed by atoms with Crippen LogP contribution in [0.3, 0.4) is 0 Å². The van der Waals surface area contributed by atoms with Crippen LogP contribution in [-0.2, 0) is 19.1 Å². The second kappa shape index (κ2) is 11.7. The fourth-order valence-corrected chi connectivity index (χ4v) is 1.87. The van der Waals surface area contributed by atoms with Crippen molar-refractivity contribution in [1.29, 1.82) is 0 Å². The highest BCUT2D eigenvalue weighted by molar-refractivity contribution is 7.96. The third kappa shape index (κ3) is 10.4. The number of esters is 1. The monoisotopic (exact) mass is 339 g/mol. The van der Waals surface area contributed by atoms with Gasteiger partial charge >= 0.3 is 12.1 Å². The molecule has 0 aliphatic carbocycles. The molecule has 0 unspecified atom stereocenters. The van der Waals surface area contributed by atoms with Crippen molar-refractivity contribution < 1.29 is 23.9 Å². The highest BCUT2D eigenvalue weighted by Gasteiger charge is 2.19. The van der Waals surface area contributed by atoms with Crippen molar-refractivity contribution in [3.05, 3.63) is 0 Å². The third-order valence-electron chi connectivity index (χ3n) is 1.91. The minimum atomic E-state index is -0.681. The minimum Gasteiger partial charge on any atom is -0.465 e. The van der Waals surface area contributed by atoms with Crippen LogP contribution in [0.5, 0.6) is 0 Å². The second-order valence-electron chi connectivity index (χ2n) is 3.74. The van der Waals surface area contributed by atoms with Crippen molar-refractivity contribution in [2.24, 2.45) is 5.16 Å². The molecule has 0 fully saturated rings. The van der Waals surface area contributed by atoms with Crippen molar-refractivity contribution >= 4 is 41.9 Å². The van der Waals surface area contributed by atoms with Gasteiger partial charge in [-0.05, 0) is 13.8 Å². The van der Waals surface area contributed by atoms with E-state index >= 15 is 0 Å². The summed E-state index contributed by atoms with van der Waals surface area (Å²) in [4.78, 5) is 27.8. The fourth-order valence-electron chi connectivity index (χ4n) is 1.06. The molecule has 0 bridgehead atoms. The first-order chi connectivity index (χ1) is 9.90. The molecule has 0 aromatic heterocycles. The van der Waals surface area contributed by atoms with Gasteiger partial charge in [-0.25, -0.2) is 13.4 Å². The maximum atomic E-state index is 11.6. The summed E-state index contributed by atoms with van der Waals surface area (Å²) in [7, 11) is 3.05. The number of thiol groups is 1. The Kier molecular flexibility index (Phi) is 11.1. The van der Waals surface area contributed by atoms with Crippen molar-refractivity contribution in [2.75, 3.05) is 40.5 Å². The summed E-state index contributed by atoms with van der Waals surface area (Å²) in [5.74, 6) is -0.382. The molecular weight excluding hydrogens is 318 g/mol. The summed E-state index contributed by atoms with van der Waals surface area (Å²) in [6.07, 6.45) is -0.681. The Hall–Kier alpha value is -0.970. The van der Waals surface area contributed by atoms with Crippen LogP contribution in [0.15, 0.2) is 5.16 Å². The molecule has 0 atom stereocenters. The van der Waals surface area contributed by atoms with E-state index in [1.54, 1.807) is 25.3 Å². The van der Waals surface area contributed by atoms with E-state index in [9.17, 15) is 9.59 Å². The molecule has 0 rings (SSSR count). The molecule has 0 aliphatic rings. The van der Waals surface area contributed by atoms with Crippen molar-refractivity contribution in [3.8, 4) is 0 Å². The van der Waals surface area contributed by atoms with Crippen LogP contribution in [0.2, 0.25) is 0 Å². The van der Waals surface area contributed by atoms with Gasteiger partial charge in [0.25, 0.3) is 0 Å². The van der Waals surface area contributed by atoms with Crippen molar-refractivity contribution in [3.63, 3.8) is 0 Å². The number of carbonyl (C=O) groups excluding carboxylic acids is 2.